The summed E-state index contributed by atoms with van der Waals surface area (Å²) in [6.07, 6.45) is 1.97. The monoisotopic (exact) mass is 491 g/mol. The molecule has 2 N–H and O–H groups in total. The van der Waals surface area contributed by atoms with Gasteiger partial charge in [-0.25, -0.2) is 0 Å². The molecule has 0 saturated heterocycles. The third kappa shape index (κ3) is 5.95. The number of nitrogens with one attached hydrogen (secondary N) is 2. The van der Waals surface area contributed by atoms with Crippen LogP contribution in [0.5, 0.6) is 0 Å². The van der Waals surface area contributed by atoms with E-state index in [0.717, 1.165) is 44.1 Å². The third-order valence-electron chi connectivity index (χ3n) is 4.73. The van der Waals surface area contributed by atoms with E-state index in [1.165, 1.54) is 22.0 Å². The number of aromatic nitrogens is 2. The maximum Gasteiger partial charge on any atom is 0.190 e. The van der Waals surface area contributed by atoms with Crippen molar-refractivity contribution >= 4 is 40.7 Å². The first-order chi connectivity index (χ1) is 13.2. The van der Waals surface area contributed by atoms with Crippen LogP contribution < -0.4 is 10.6 Å². The van der Waals surface area contributed by atoms with Gasteiger partial charge in [0, 0.05) is 32.4 Å². The summed E-state index contributed by atoms with van der Waals surface area (Å²) in [7, 11) is 1.81. The van der Waals surface area contributed by atoms with E-state index >= 15 is 0 Å². The highest BCUT2D eigenvalue weighted by molar-refractivity contribution is 14.0. The van der Waals surface area contributed by atoms with E-state index in [1.54, 1.807) is 0 Å². The second-order valence-electron chi connectivity index (χ2n) is 6.82. The summed E-state index contributed by atoms with van der Waals surface area (Å²) in [5, 5.41) is 13.9. The van der Waals surface area contributed by atoms with Gasteiger partial charge in [-0.05, 0) is 49.1 Å². The van der Waals surface area contributed by atoms with Crippen LogP contribution in [0.25, 0.3) is 10.8 Å². The second kappa shape index (κ2) is 11.0. The molecule has 0 spiro atoms. The first-order valence-corrected chi connectivity index (χ1v) is 9.59. The minimum atomic E-state index is 0. The average molecular weight is 491 g/mol. The normalized spacial score (nSPS) is 11.3. The molecule has 0 aliphatic heterocycles. The number of guanidine groups is 1. The van der Waals surface area contributed by atoms with E-state index in [9.17, 15) is 0 Å². The molecule has 1 aromatic heterocycles. The molecule has 0 unspecified atom stereocenters. The lowest BCUT2D eigenvalue weighted by molar-refractivity contribution is 0.555. The molecule has 0 radical (unpaired) electrons. The predicted octanol–water partition coefficient (Wildman–Crippen LogP) is 4.07. The Hall–Kier alpha value is -2.09. The first-order valence-electron chi connectivity index (χ1n) is 9.59. The number of aryl methyl sites for hydroxylation is 3. The molecule has 0 amide bonds. The van der Waals surface area contributed by atoms with Gasteiger partial charge in [0.05, 0.1) is 5.69 Å². The predicted molar refractivity (Wildman–Crippen MR) is 129 cm³/mol. The molecule has 28 heavy (non-hydrogen) atoms. The van der Waals surface area contributed by atoms with Crippen LogP contribution in [0.4, 0.5) is 0 Å². The van der Waals surface area contributed by atoms with Gasteiger partial charge in [-0.3, -0.25) is 9.67 Å². The van der Waals surface area contributed by atoms with Crippen LogP contribution in [0, 0.1) is 13.8 Å². The van der Waals surface area contributed by atoms with Crippen LogP contribution in [0.2, 0.25) is 0 Å². The van der Waals surface area contributed by atoms with Crippen LogP contribution in [0.1, 0.15) is 23.4 Å². The lowest BCUT2D eigenvalue weighted by Gasteiger charge is -2.13. The smallest absolute Gasteiger partial charge is 0.190 e. The van der Waals surface area contributed by atoms with Crippen LogP contribution >= 0.6 is 24.0 Å². The molecule has 1 heterocycles. The van der Waals surface area contributed by atoms with Crippen molar-refractivity contribution in [3.63, 3.8) is 0 Å². The van der Waals surface area contributed by atoms with Crippen LogP contribution in [0.3, 0.4) is 0 Å². The van der Waals surface area contributed by atoms with E-state index in [4.69, 9.17) is 0 Å². The molecule has 150 valence electrons. The molecule has 0 saturated carbocycles. The number of rotatable bonds is 7. The first kappa shape index (κ1) is 22.2. The maximum absolute atomic E-state index is 4.50. The van der Waals surface area contributed by atoms with Crippen molar-refractivity contribution in [3.8, 4) is 0 Å². The van der Waals surface area contributed by atoms with Gasteiger partial charge in [0.15, 0.2) is 5.96 Å². The van der Waals surface area contributed by atoms with Gasteiger partial charge < -0.3 is 10.6 Å². The van der Waals surface area contributed by atoms with E-state index in [2.05, 4.69) is 80.9 Å². The largest absolute Gasteiger partial charge is 0.356 e. The summed E-state index contributed by atoms with van der Waals surface area (Å²) >= 11 is 0. The van der Waals surface area contributed by atoms with Crippen LogP contribution in [0.15, 0.2) is 53.5 Å². The highest BCUT2D eigenvalue weighted by Gasteiger charge is 2.03. The SMILES string of the molecule is CN=C(NCCCn1nc(C)cc1C)NCCc1cccc2ccccc12.I. The Morgan fingerprint density at radius 3 is 2.54 bits per heavy atom. The zero-order valence-corrected chi connectivity index (χ0v) is 19.2. The Bertz CT molecular complexity index is 911. The molecule has 3 aromatic rings. The van der Waals surface area contributed by atoms with Crippen molar-refractivity contribution in [3.05, 3.63) is 65.5 Å². The standard InChI is InChI=1S/C22H29N5.HI/c1-17-16-18(2)27(26-17)15-7-13-24-22(23-3)25-14-12-20-10-6-9-19-8-4-5-11-21(19)20;/h4-6,8-11,16H,7,12-15H2,1-3H3,(H2,23,24,25);1H. The van der Waals surface area contributed by atoms with Crippen molar-refractivity contribution in [1.82, 2.24) is 20.4 Å². The zero-order chi connectivity index (χ0) is 19.1. The van der Waals surface area contributed by atoms with E-state index in [-0.39, 0.29) is 24.0 Å². The van der Waals surface area contributed by atoms with Crippen molar-refractivity contribution < 1.29 is 0 Å². The summed E-state index contributed by atoms with van der Waals surface area (Å²) in [5.74, 6) is 0.851. The van der Waals surface area contributed by atoms with E-state index < -0.39 is 0 Å². The highest BCUT2D eigenvalue weighted by Crippen LogP contribution is 2.18. The maximum atomic E-state index is 4.50. The van der Waals surface area contributed by atoms with Gasteiger partial charge in [0.25, 0.3) is 0 Å². The van der Waals surface area contributed by atoms with Crippen molar-refractivity contribution in [2.45, 2.75) is 33.2 Å². The van der Waals surface area contributed by atoms with Crippen molar-refractivity contribution in [2.24, 2.45) is 4.99 Å². The molecule has 6 heteroatoms. The molecular weight excluding hydrogens is 461 g/mol. The second-order valence-corrected chi connectivity index (χ2v) is 6.82. The fraction of sp³-hybridized carbons (Fsp3) is 0.364. The summed E-state index contributed by atoms with van der Waals surface area (Å²) in [6, 6.07) is 17.1. The van der Waals surface area contributed by atoms with Gasteiger partial charge in [0.2, 0.25) is 0 Å². The van der Waals surface area contributed by atoms with Gasteiger partial charge in [0.1, 0.15) is 0 Å². The minimum absolute atomic E-state index is 0. The van der Waals surface area contributed by atoms with E-state index in [0.29, 0.717) is 0 Å². The Morgan fingerprint density at radius 1 is 1.04 bits per heavy atom. The number of aliphatic imine (C=N–C) groups is 1. The fourth-order valence-electron chi connectivity index (χ4n) is 3.38. The number of nitrogens with zero attached hydrogens (tertiary/aromatic N) is 3. The molecule has 0 atom stereocenters. The lowest BCUT2D eigenvalue weighted by atomic mass is 10.0. The van der Waals surface area contributed by atoms with Crippen molar-refractivity contribution in [2.75, 3.05) is 20.1 Å². The summed E-state index contributed by atoms with van der Waals surface area (Å²) in [4.78, 5) is 4.32. The lowest BCUT2D eigenvalue weighted by Crippen LogP contribution is -2.39. The fourth-order valence-corrected chi connectivity index (χ4v) is 3.38. The van der Waals surface area contributed by atoms with Crippen molar-refractivity contribution in [1.29, 1.82) is 0 Å². The van der Waals surface area contributed by atoms with Gasteiger partial charge >= 0.3 is 0 Å². The molecular formula is C22H30IN5. The Balaban J connectivity index is 0.00000280. The Labute approximate surface area is 184 Å². The molecule has 5 nitrogen and oxygen atoms in total. The van der Waals surface area contributed by atoms with Crippen LogP contribution in [-0.2, 0) is 13.0 Å². The number of fused-ring (bicyclic) bond motifs is 1. The number of hydrogen-bond donors (Lipinski definition) is 2. The van der Waals surface area contributed by atoms with Gasteiger partial charge in [-0.15, -0.1) is 24.0 Å². The summed E-state index contributed by atoms with van der Waals surface area (Å²) in [6.45, 7) is 6.77. The quantitative estimate of drug-likeness (QED) is 0.227. The van der Waals surface area contributed by atoms with E-state index in [1.807, 2.05) is 14.0 Å². The number of halogens is 1. The molecule has 0 fully saturated rings. The summed E-state index contributed by atoms with van der Waals surface area (Å²) in [5.41, 5.74) is 3.65. The zero-order valence-electron chi connectivity index (χ0n) is 16.9. The number of benzene rings is 2. The third-order valence-corrected chi connectivity index (χ3v) is 4.73. The van der Waals surface area contributed by atoms with Gasteiger partial charge in [-0.2, -0.15) is 5.10 Å². The minimum Gasteiger partial charge on any atom is -0.356 e. The molecule has 3 rings (SSSR count). The highest BCUT2D eigenvalue weighted by atomic mass is 127. The van der Waals surface area contributed by atoms with Gasteiger partial charge in [-0.1, -0.05) is 42.5 Å². The van der Waals surface area contributed by atoms with Crippen LogP contribution in [-0.4, -0.2) is 35.9 Å². The number of hydrogen-bond acceptors (Lipinski definition) is 2. The Morgan fingerprint density at radius 2 is 1.79 bits per heavy atom. The molecule has 2 aromatic carbocycles. The Kier molecular flexibility index (Phi) is 8.76. The molecule has 0 aliphatic rings. The topological polar surface area (TPSA) is 54.2 Å². The molecule has 0 bridgehead atoms. The molecule has 0 aliphatic carbocycles. The average Bonchev–Trinajstić information content (AvgIpc) is 3.01. The summed E-state index contributed by atoms with van der Waals surface area (Å²) < 4.78 is 2.06.